The first-order valence-corrected chi connectivity index (χ1v) is 13.5. The number of thiol groups is 1. The van der Waals surface area contributed by atoms with Crippen LogP contribution < -0.4 is 21.7 Å². The quantitative estimate of drug-likeness (QED) is 0.119. The van der Waals surface area contributed by atoms with Crippen LogP contribution in [0.25, 0.3) is 10.9 Å². The molecule has 1 heterocycles. The number of amides is 3. The molecule has 218 valence electrons. The number of nitrogens with one attached hydrogen (secondary N) is 4. The minimum absolute atomic E-state index is 0.0185. The summed E-state index contributed by atoms with van der Waals surface area (Å²) in [6, 6.07) is 11.4. The van der Waals surface area contributed by atoms with E-state index in [-0.39, 0.29) is 31.4 Å². The van der Waals surface area contributed by atoms with Gasteiger partial charge in [0.15, 0.2) is 0 Å². The molecule has 0 saturated carbocycles. The topological polar surface area (TPSA) is 204 Å². The van der Waals surface area contributed by atoms with Crippen molar-refractivity contribution in [3.05, 3.63) is 71.9 Å². The van der Waals surface area contributed by atoms with Crippen LogP contribution in [0.1, 0.15) is 24.0 Å². The van der Waals surface area contributed by atoms with Crippen molar-refractivity contribution in [1.29, 1.82) is 0 Å². The molecule has 0 radical (unpaired) electrons. The van der Waals surface area contributed by atoms with E-state index in [0.29, 0.717) is 11.1 Å². The molecule has 3 aromatic rings. The Morgan fingerprint density at radius 3 is 2.02 bits per heavy atom. The number of H-pyrrole nitrogens is 1. The van der Waals surface area contributed by atoms with Gasteiger partial charge in [0.25, 0.3) is 0 Å². The van der Waals surface area contributed by atoms with Crippen molar-refractivity contribution in [3.8, 4) is 0 Å². The number of fused-ring (bicyclic) bond motifs is 1. The van der Waals surface area contributed by atoms with E-state index in [1.165, 1.54) is 0 Å². The zero-order valence-corrected chi connectivity index (χ0v) is 23.0. The van der Waals surface area contributed by atoms with Gasteiger partial charge in [0.05, 0.1) is 6.04 Å². The second-order valence-electron chi connectivity index (χ2n) is 9.50. The third-order valence-corrected chi connectivity index (χ3v) is 6.82. The van der Waals surface area contributed by atoms with E-state index >= 15 is 0 Å². The molecule has 8 N–H and O–H groups in total. The normalized spacial score (nSPS) is 13.9. The van der Waals surface area contributed by atoms with Crippen molar-refractivity contribution < 1.29 is 34.2 Å². The monoisotopic (exact) mass is 583 g/mol. The highest BCUT2D eigenvalue weighted by molar-refractivity contribution is 7.80. The molecular weight excluding hydrogens is 550 g/mol. The zero-order valence-electron chi connectivity index (χ0n) is 22.1. The molecule has 13 heteroatoms. The second kappa shape index (κ2) is 14.9. The number of aliphatic carboxylic acids is 2. The average molecular weight is 584 g/mol. The van der Waals surface area contributed by atoms with Gasteiger partial charge in [-0.25, -0.2) is 4.79 Å². The molecule has 3 amide bonds. The lowest BCUT2D eigenvalue weighted by atomic mass is 10.0. The van der Waals surface area contributed by atoms with Crippen LogP contribution in [0.15, 0.2) is 60.8 Å². The molecule has 1 aromatic heterocycles. The summed E-state index contributed by atoms with van der Waals surface area (Å²) >= 11 is 4.00. The van der Waals surface area contributed by atoms with Crippen LogP contribution in [0.3, 0.4) is 0 Å². The van der Waals surface area contributed by atoms with E-state index in [1.807, 2.05) is 24.3 Å². The van der Waals surface area contributed by atoms with Crippen molar-refractivity contribution in [2.75, 3.05) is 5.75 Å². The molecule has 4 unspecified atom stereocenters. The second-order valence-corrected chi connectivity index (χ2v) is 9.86. The highest BCUT2D eigenvalue weighted by atomic mass is 32.1. The number of hydrogen-bond acceptors (Lipinski definition) is 7. The summed E-state index contributed by atoms with van der Waals surface area (Å²) in [5, 5.41) is 26.8. The highest BCUT2D eigenvalue weighted by Crippen LogP contribution is 2.19. The molecule has 2 aromatic carbocycles. The Kier molecular flexibility index (Phi) is 11.3. The number of hydrogen-bond donors (Lipinski definition) is 8. The van der Waals surface area contributed by atoms with E-state index in [4.69, 9.17) is 10.8 Å². The van der Waals surface area contributed by atoms with Gasteiger partial charge in [0, 0.05) is 42.1 Å². The van der Waals surface area contributed by atoms with Crippen molar-refractivity contribution >= 4 is 53.2 Å². The third kappa shape index (κ3) is 9.08. The molecule has 0 saturated heterocycles. The molecule has 4 atom stereocenters. The van der Waals surface area contributed by atoms with Crippen LogP contribution in [-0.2, 0) is 36.8 Å². The molecule has 0 spiro atoms. The summed E-state index contributed by atoms with van der Waals surface area (Å²) in [5.74, 6) is -4.73. The molecule has 0 aliphatic rings. The summed E-state index contributed by atoms with van der Waals surface area (Å²) in [4.78, 5) is 65.2. The van der Waals surface area contributed by atoms with Gasteiger partial charge in [0.2, 0.25) is 17.7 Å². The maximum Gasteiger partial charge on any atom is 0.327 e. The van der Waals surface area contributed by atoms with Crippen molar-refractivity contribution in [2.24, 2.45) is 5.73 Å². The number of aromatic amines is 1. The fourth-order valence-electron chi connectivity index (χ4n) is 4.21. The molecular formula is C28H33N5O7S. The number of benzene rings is 2. The van der Waals surface area contributed by atoms with Gasteiger partial charge in [-0.2, -0.15) is 12.6 Å². The van der Waals surface area contributed by atoms with E-state index in [9.17, 15) is 29.1 Å². The van der Waals surface area contributed by atoms with Crippen molar-refractivity contribution in [2.45, 2.75) is 49.9 Å². The standard InChI is InChI=1S/C28H33N5O7S/c29-19(10-11-24(34)35)25(36)31-21(12-16-6-2-1-3-7-16)26(37)32-22(27(38)33-23(15-41)28(39)40)13-17-14-30-20-9-5-4-8-18(17)20/h1-9,14,19,21-23,30,41H,10-13,15,29H2,(H,31,36)(H,32,37)(H,33,38)(H,34,35)(H,39,40). The number of carbonyl (C=O) groups is 5. The maximum atomic E-state index is 13.6. The maximum absolute atomic E-state index is 13.6. The lowest BCUT2D eigenvalue weighted by Crippen LogP contribution is -2.58. The van der Waals surface area contributed by atoms with Gasteiger partial charge in [0.1, 0.15) is 18.1 Å². The number of aromatic nitrogens is 1. The predicted molar refractivity (Wildman–Crippen MR) is 154 cm³/mol. The first-order chi connectivity index (χ1) is 19.6. The molecule has 12 nitrogen and oxygen atoms in total. The van der Waals surface area contributed by atoms with Gasteiger partial charge in [-0.3, -0.25) is 19.2 Å². The Morgan fingerprint density at radius 2 is 1.39 bits per heavy atom. The van der Waals surface area contributed by atoms with Crippen LogP contribution in [0, 0.1) is 0 Å². The summed E-state index contributed by atoms with van der Waals surface area (Å²) in [6.07, 6.45) is 1.32. The fourth-order valence-corrected chi connectivity index (χ4v) is 4.46. The smallest absolute Gasteiger partial charge is 0.327 e. The van der Waals surface area contributed by atoms with Gasteiger partial charge in [-0.15, -0.1) is 0 Å². The number of nitrogens with two attached hydrogens (primary N) is 1. The Balaban J connectivity index is 1.86. The number of rotatable bonds is 15. The predicted octanol–water partition coefficient (Wildman–Crippen LogP) is 0.614. The van der Waals surface area contributed by atoms with E-state index in [1.54, 1.807) is 36.5 Å². The molecule has 41 heavy (non-hydrogen) atoms. The van der Waals surface area contributed by atoms with Crippen LogP contribution in [0.2, 0.25) is 0 Å². The van der Waals surface area contributed by atoms with E-state index < -0.39 is 53.8 Å². The lowest BCUT2D eigenvalue weighted by molar-refractivity contribution is -0.141. The van der Waals surface area contributed by atoms with Gasteiger partial charge >= 0.3 is 11.9 Å². The minimum Gasteiger partial charge on any atom is -0.481 e. The van der Waals surface area contributed by atoms with E-state index in [2.05, 4.69) is 33.6 Å². The Hall–Kier alpha value is -4.36. The Labute approximate surface area is 241 Å². The first kappa shape index (κ1) is 31.2. The van der Waals surface area contributed by atoms with Crippen LogP contribution in [-0.4, -0.2) is 74.8 Å². The largest absolute Gasteiger partial charge is 0.481 e. The lowest BCUT2D eigenvalue weighted by Gasteiger charge is -2.25. The number of carboxylic acids is 2. The van der Waals surface area contributed by atoms with Crippen molar-refractivity contribution in [3.63, 3.8) is 0 Å². The average Bonchev–Trinajstić information content (AvgIpc) is 3.36. The highest BCUT2D eigenvalue weighted by Gasteiger charge is 2.31. The third-order valence-electron chi connectivity index (χ3n) is 6.45. The molecule has 3 rings (SSSR count). The zero-order chi connectivity index (χ0) is 29.9. The van der Waals surface area contributed by atoms with Crippen molar-refractivity contribution in [1.82, 2.24) is 20.9 Å². The summed E-state index contributed by atoms with van der Waals surface area (Å²) in [5.41, 5.74) is 8.10. The molecule has 0 aliphatic carbocycles. The number of carboxylic acid groups (broad SMARTS) is 2. The fraction of sp³-hybridized carbons (Fsp3) is 0.321. The van der Waals surface area contributed by atoms with Gasteiger partial charge < -0.3 is 36.9 Å². The first-order valence-electron chi connectivity index (χ1n) is 12.9. The summed E-state index contributed by atoms with van der Waals surface area (Å²) < 4.78 is 0. The number of carbonyl (C=O) groups excluding carboxylic acids is 3. The van der Waals surface area contributed by atoms with Gasteiger partial charge in [-0.1, -0.05) is 48.5 Å². The van der Waals surface area contributed by atoms with Crippen LogP contribution in [0.5, 0.6) is 0 Å². The Morgan fingerprint density at radius 1 is 0.805 bits per heavy atom. The summed E-state index contributed by atoms with van der Waals surface area (Å²) in [6.45, 7) is 0. The minimum atomic E-state index is -1.29. The van der Waals surface area contributed by atoms with Gasteiger partial charge in [-0.05, 0) is 23.6 Å². The SMILES string of the molecule is NC(CCC(=O)O)C(=O)NC(Cc1ccccc1)C(=O)NC(Cc1c[nH]c2ccccc12)C(=O)NC(CS)C(=O)O. The summed E-state index contributed by atoms with van der Waals surface area (Å²) in [7, 11) is 0. The van der Waals surface area contributed by atoms with E-state index in [0.717, 1.165) is 10.9 Å². The molecule has 0 aliphatic heterocycles. The van der Waals surface area contributed by atoms with Crippen LogP contribution in [0.4, 0.5) is 0 Å². The van der Waals surface area contributed by atoms with Crippen LogP contribution >= 0.6 is 12.6 Å². The molecule has 0 fully saturated rings. The Bertz CT molecular complexity index is 1380. The molecule has 0 bridgehead atoms. The number of para-hydroxylation sites is 1.